The van der Waals surface area contributed by atoms with Crippen molar-refractivity contribution in [2.75, 3.05) is 0 Å². The van der Waals surface area contributed by atoms with Crippen LogP contribution in [0.15, 0.2) is 0 Å². The Morgan fingerprint density at radius 3 is 2.00 bits per heavy atom. The highest BCUT2D eigenvalue weighted by Crippen LogP contribution is 2.61. The number of hydrogen-bond acceptors (Lipinski definition) is 0. The van der Waals surface area contributed by atoms with Gasteiger partial charge in [-0.15, -0.1) is 0 Å². The third-order valence-corrected chi connectivity index (χ3v) is 4.95. The van der Waals surface area contributed by atoms with Crippen LogP contribution in [0.3, 0.4) is 0 Å². The monoisotopic (exact) mass is 200 g/mol. The molecule has 2 aliphatic rings. The van der Waals surface area contributed by atoms with Gasteiger partial charge >= 0.3 is 0 Å². The molecule has 2 rings (SSSR count). The third-order valence-electron chi connectivity index (χ3n) is 4.95. The van der Waals surface area contributed by atoms with Gasteiger partial charge in [-0.3, -0.25) is 0 Å². The fraction of sp³-hybridized carbons (Fsp3) is 1.00. The van der Waals surface area contributed by atoms with E-state index >= 15 is 0 Å². The molecule has 0 aromatic carbocycles. The van der Waals surface area contributed by atoms with Gasteiger partial charge in [0, 0.05) is 0 Å². The van der Waals surface area contributed by atoms with Crippen LogP contribution in [0.2, 0.25) is 5.21 Å². The number of hydrogen-bond donors (Lipinski definition) is 0. The molecule has 2 aliphatic carbocycles. The summed E-state index contributed by atoms with van der Waals surface area (Å²) < 4.78 is 0. The Bertz CT molecular complexity index is 242. The quantitative estimate of drug-likeness (QED) is 0.598. The lowest BCUT2D eigenvalue weighted by Gasteiger charge is -2.46. The van der Waals surface area contributed by atoms with Gasteiger partial charge in [-0.05, 0) is 48.9 Å². The molecule has 4 radical (unpaired) electrons. The predicted molar refractivity (Wildman–Crippen MR) is 67.3 cm³/mol. The molecule has 80 valence electrons. The Morgan fingerprint density at radius 2 is 1.67 bits per heavy atom. The average molecular weight is 200 g/mol. The number of fused-ring (bicyclic) bond motifs is 2. The molecule has 0 amide bonds. The fourth-order valence-electron chi connectivity index (χ4n) is 3.45. The Kier molecular flexibility index (Phi) is 2.56. The van der Waals surface area contributed by atoms with E-state index in [2.05, 4.69) is 20.8 Å². The second-order valence-corrected chi connectivity index (χ2v) is 7.11. The van der Waals surface area contributed by atoms with Crippen LogP contribution < -0.4 is 0 Å². The Balaban J connectivity index is 2.08. The third kappa shape index (κ3) is 2.01. The fourth-order valence-corrected chi connectivity index (χ4v) is 3.45. The first-order chi connectivity index (χ1) is 6.74. The molecule has 0 heterocycles. The highest BCUT2D eigenvalue weighted by Gasteiger charge is 2.48. The molecule has 2 bridgehead atoms. The van der Waals surface area contributed by atoms with Crippen molar-refractivity contribution in [3.63, 3.8) is 0 Å². The van der Waals surface area contributed by atoms with E-state index in [0.29, 0.717) is 5.41 Å². The lowest BCUT2D eigenvalue weighted by atomic mass is 9.39. The molecule has 0 atom stereocenters. The Labute approximate surface area is 97.4 Å². The predicted octanol–water partition coefficient (Wildman–Crippen LogP) is 3.46. The van der Waals surface area contributed by atoms with Crippen LogP contribution in [0.5, 0.6) is 0 Å². The average Bonchev–Trinajstić information content (AvgIpc) is 2.59. The first kappa shape index (κ1) is 11.6. The molecule has 2 heteroatoms. The SMILES string of the molecule is [B]C([B])(CC12CCC(CC1)C2)C(C)(C)C. The summed E-state index contributed by atoms with van der Waals surface area (Å²) in [5.74, 6) is 0.987. The highest BCUT2D eigenvalue weighted by atomic mass is 14.5. The second kappa shape index (κ2) is 3.31. The van der Waals surface area contributed by atoms with Crippen LogP contribution in [0.1, 0.15) is 59.3 Å². The van der Waals surface area contributed by atoms with E-state index in [1.165, 1.54) is 32.1 Å². The van der Waals surface area contributed by atoms with Crippen molar-refractivity contribution in [2.24, 2.45) is 16.7 Å². The second-order valence-electron chi connectivity index (χ2n) is 7.11. The minimum atomic E-state index is -0.508. The molecule has 0 spiro atoms. The van der Waals surface area contributed by atoms with Crippen LogP contribution >= 0.6 is 0 Å². The van der Waals surface area contributed by atoms with E-state index < -0.39 is 5.21 Å². The minimum absolute atomic E-state index is 0.00241. The van der Waals surface area contributed by atoms with Crippen LogP contribution in [0.25, 0.3) is 0 Å². The van der Waals surface area contributed by atoms with Crippen LogP contribution in [-0.2, 0) is 0 Å². The normalized spacial score (nSPS) is 36.1. The molecule has 0 aromatic heterocycles. The van der Waals surface area contributed by atoms with Gasteiger partial charge in [-0.2, -0.15) is 0 Å². The van der Waals surface area contributed by atoms with E-state index in [1.807, 2.05) is 0 Å². The topological polar surface area (TPSA) is 0 Å². The summed E-state index contributed by atoms with van der Waals surface area (Å²) in [5, 5.41) is -0.508. The van der Waals surface area contributed by atoms with Gasteiger partial charge in [0.05, 0.1) is 15.7 Å². The van der Waals surface area contributed by atoms with Gasteiger partial charge in [0.15, 0.2) is 0 Å². The number of rotatable bonds is 2. The molecule has 2 fully saturated rings. The van der Waals surface area contributed by atoms with Gasteiger partial charge in [0.1, 0.15) is 0 Å². The van der Waals surface area contributed by atoms with Crippen LogP contribution in [-0.4, -0.2) is 15.7 Å². The van der Waals surface area contributed by atoms with E-state index in [9.17, 15) is 0 Å². The molecule has 0 aliphatic heterocycles. The lowest BCUT2D eigenvalue weighted by molar-refractivity contribution is 0.199. The Hall–Kier alpha value is 0.130. The van der Waals surface area contributed by atoms with Crippen molar-refractivity contribution in [3.8, 4) is 0 Å². The van der Waals surface area contributed by atoms with Gasteiger partial charge in [-0.25, -0.2) is 0 Å². The standard InChI is InChI=1S/C13H22B2/c1-11(2,3)13(14,15)9-12-6-4-10(8-12)5-7-12/h10H,4-9H2,1-3H3. The molecular formula is C13H22B2. The molecular weight excluding hydrogens is 178 g/mol. The van der Waals surface area contributed by atoms with Gasteiger partial charge in [-0.1, -0.05) is 32.4 Å². The van der Waals surface area contributed by atoms with E-state index in [-0.39, 0.29) is 5.41 Å². The van der Waals surface area contributed by atoms with E-state index in [1.54, 1.807) is 0 Å². The maximum atomic E-state index is 6.33. The van der Waals surface area contributed by atoms with Crippen molar-refractivity contribution in [1.29, 1.82) is 0 Å². The molecule has 15 heavy (non-hydrogen) atoms. The summed E-state index contributed by atoms with van der Waals surface area (Å²) in [7, 11) is 12.7. The molecule has 0 N–H and O–H groups in total. The first-order valence-electron chi connectivity index (χ1n) is 6.32. The molecule has 2 saturated carbocycles. The molecule has 0 unspecified atom stereocenters. The van der Waals surface area contributed by atoms with E-state index in [4.69, 9.17) is 15.7 Å². The molecule has 0 aromatic rings. The van der Waals surface area contributed by atoms with Gasteiger partial charge in [0.25, 0.3) is 0 Å². The summed E-state index contributed by atoms with van der Waals surface area (Å²) >= 11 is 0. The van der Waals surface area contributed by atoms with Crippen LogP contribution in [0.4, 0.5) is 0 Å². The van der Waals surface area contributed by atoms with Crippen LogP contribution in [0, 0.1) is 16.7 Å². The summed E-state index contributed by atoms with van der Waals surface area (Å²) in [6, 6.07) is 0. The Morgan fingerprint density at radius 1 is 1.13 bits per heavy atom. The highest BCUT2D eigenvalue weighted by molar-refractivity contribution is 6.40. The van der Waals surface area contributed by atoms with Crippen molar-refractivity contribution in [3.05, 3.63) is 0 Å². The zero-order valence-electron chi connectivity index (χ0n) is 10.5. The minimum Gasteiger partial charge on any atom is -0.0938 e. The summed E-state index contributed by atoms with van der Waals surface area (Å²) in [4.78, 5) is 0. The first-order valence-corrected chi connectivity index (χ1v) is 6.32. The molecule has 0 nitrogen and oxygen atoms in total. The van der Waals surface area contributed by atoms with Crippen molar-refractivity contribution < 1.29 is 0 Å². The lowest BCUT2D eigenvalue weighted by Crippen LogP contribution is -2.35. The maximum Gasteiger partial charge on any atom is 0.0627 e. The van der Waals surface area contributed by atoms with Crippen molar-refractivity contribution in [2.45, 2.75) is 64.5 Å². The van der Waals surface area contributed by atoms with Crippen molar-refractivity contribution >= 4 is 15.7 Å². The van der Waals surface area contributed by atoms with Crippen molar-refractivity contribution in [1.82, 2.24) is 0 Å². The molecule has 0 saturated heterocycles. The summed E-state index contributed by atoms with van der Waals surface area (Å²) in [6.45, 7) is 6.47. The van der Waals surface area contributed by atoms with Gasteiger partial charge in [0.2, 0.25) is 0 Å². The maximum absolute atomic E-state index is 6.33. The zero-order chi connectivity index (χ0) is 11.3. The largest absolute Gasteiger partial charge is 0.0938 e. The smallest absolute Gasteiger partial charge is 0.0627 e. The van der Waals surface area contributed by atoms with E-state index in [0.717, 1.165) is 12.3 Å². The summed E-state index contributed by atoms with van der Waals surface area (Å²) in [6.07, 6.45) is 7.97. The van der Waals surface area contributed by atoms with Gasteiger partial charge < -0.3 is 0 Å². The summed E-state index contributed by atoms with van der Waals surface area (Å²) in [5.41, 5.74) is 0.504. The zero-order valence-corrected chi connectivity index (χ0v) is 10.5.